The number of hydrogen-bond acceptors (Lipinski definition) is 6. The first kappa shape index (κ1) is 18.5. The maximum Gasteiger partial charge on any atom is 0.368 e. The van der Waals surface area contributed by atoms with E-state index in [1.165, 1.54) is 9.36 Å². The molecule has 0 spiro atoms. The third-order valence-corrected chi connectivity index (χ3v) is 4.58. The molecule has 0 aliphatic heterocycles. The molecule has 4 aromatic rings. The van der Waals surface area contributed by atoms with Gasteiger partial charge in [0.2, 0.25) is 5.88 Å². The van der Waals surface area contributed by atoms with Gasteiger partial charge in [0, 0.05) is 30.9 Å². The van der Waals surface area contributed by atoms with E-state index in [0.29, 0.717) is 11.6 Å². The molecule has 9 nitrogen and oxygen atoms in total. The first-order valence-corrected chi connectivity index (χ1v) is 8.97. The van der Waals surface area contributed by atoms with Gasteiger partial charge in [0.1, 0.15) is 12.4 Å². The fraction of sp³-hybridized carbons (Fsp3) is 0.200. The van der Waals surface area contributed by atoms with Crippen molar-refractivity contribution in [3.63, 3.8) is 0 Å². The molecule has 0 atom stereocenters. The Morgan fingerprint density at radius 3 is 2.66 bits per heavy atom. The summed E-state index contributed by atoms with van der Waals surface area (Å²) in [5.74, 6) is 1.22. The summed E-state index contributed by atoms with van der Waals surface area (Å²) in [6.45, 7) is 2.19. The average Bonchev–Trinajstić information content (AvgIpc) is 3.34. The van der Waals surface area contributed by atoms with E-state index in [9.17, 15) is 4.79 Å². The number of benzene rings is 2. The van der Waals surface area contributed by atoms with Gasteiger partial charge >= 0.3 is 5.69 Å². The summed E-state index contributed by atoms with van der Waals surface area (Å²) < 4.78 is 15.3. The zero-order valence-corrected chi connectivity index (χ0v) is 16.3. The van der Waals surface area contributed by atoms with Gasteiger partial charge < -0.3 is 9.47 Å². The first-order valence-electron chi connectivity index (χ1n) is 8.97. The molecule has 2 heterocycles. The van der Waals surface area contributed by atoms with Gasteiger partial charge in [-0.1, -0.05) is 18.2 Å². The maximum atomic E-state index is 12.3. The second-order valence-electron chi connectivity index (χ2n) is 6.46. The molecule has 0 aliphatic carbocycles. The van der Waals surface area contributed by atoms with Crippen LogP contribution in [0.25, 0.3) is 11.4 Å². The minimum atomic E-state index is -0.320. The summed E-state index contributed by atoms with van der Waals surface area (Å²) in [7, 11) is 3.18. The number of aryl methyl sites for hydroxylation is 2. The highest BCUT2D eigenvalue weighted by Crippen LogP contribution is 2.21. The van der Waals surface area contributed by atoms with E-state index >= 15 is 0 Å². The third-order valence-electron chi connectivity index (χ3n) is 4.58. The second kappa shape index (κ2) is 7.63. The standard InChI is InChI=1S/C20H20N6O3/c1-14-6-4-9-18(26-20(27)24(2)22-23-26)17(14)13-29-19-10-11-25(21-19)15-7-5-8-16(12-15)28-3/h4-12H,13H2,1-3H3. The van der Waals surface area contributed by atoms with E-state index in [1.807, 2.05) is 55.6 Å². The quantitative estimate of drug-likeness (QED) is 0.499. The van der Waals surface area contributed by atoms with E-state index in [1.54, 1.807) is 24.9 Å². The predicted molar refractivity (Wildman–Crippen MR) is 106 cm³/mol. The van der Waals surface area contributed by atoms with Crippen molar-refractivity contribution in [3.8, 4) is 23.0 Å². The van der Waals surface area contributed by atoms with Crippen molar-refractivity contribution < 1.29 is 9.47 Å². The lowest BCUT2D eigenvalue weighted by Gasteiger charge is -2.11. The fourth-order valence-corrected chi connectivity index (χ4v) is 2.96. The molecule has 29 heavy (non-hydrogen) atoms. The van der Waals surface area contributed by atoms with Crippen LogP contribution in [0.3, 0.4) is 0 Å². The normalized spacial score (nSPS) is 10.9. The van der Waals surface area contributed by atoms with Crippen LogP contribution in [0.5, 0.6) is 11.6 Å². The zero-order valence-electron chi connectivity index (χ0n) is 16.3. The molecule has 9 heteroatoms. The van der Waals surface area contributed by atoms with Gasteiger partial charge in [-0.3, -0.25) is 0 Å². The number of tetrazole rings is 1. The molecule has 0 amide bonds. The highest BCUT2D eigenvalue weighted by molar-refractivity contribution is 5.44. The molecular formula is C20H20N6O3. The molecule has 0 N–H and O–H groups in total. The van der Waals surface area contributed by atoms with Crippen LogP contribution in [-0.2, 0) is 13.7 Å². The Morgan fingerprint density at radius 1 is 1.07 bits per heavy atom. The van der Waals surface area contributed by atoms with Crippen LogP contribution in [0, 0.1) is 6.92 Å². The SMILES string of the molecule is COc1cccc(-n2ccc(OCc3c(C)cccc3-n3nnn(C)c3=O)n2)c1. The summed E-state index contributed by atoms with van der Waals surface area (Å²) in [4.78, 5) is 12.3. The summed E-state index contributed by atoms with van der Waals surface area (Å²) in [6, 6.07) is 15.0. The molecule has 4 rings (SSSR count). The minimum Gasteiger partial charge on any atom is -0.497 e. The monoisotopic (exact) mass is 392 g/mol. The number of methoxy groups -OCH3 is 1. The van der Waals surface area contributed by atoms with Crippen molar-refractivity contribution in [1.82, 2.24) is 29.6 Å². The summed E-state index contributed by atoms with van der Waals surface area (Å²) >= 11 is 0. The van der Waals surface area contributed by atoms with Crippen LogP contribution >= 0.6 is 0 Å². The van der Waals surface area contributed by atoms with Crippen molar-refractivity contribution in [3.05, 3.63) is 76.3 Å². The topological polar surface area (TPSA) is 89.0 Å². The van der Waals surface area contributed by atoms with Crippen molar-refractivity contribution in [2.75, 3.05) is 7.11 Å². The lowest BCUT2D eigenvalue weighted by molar-refractivity contribution is 0.290. The Balaban J connectivity index is 1.58. The number of nitrogens with zero attached hydrogens (tertiary/aromatic N) is 6. The Labute approximate surface area is 166 Å². The molecule has 0 bridgehead atoms. The van der Waals surface area contributed by atoms with E-state index in [0.717, 1.165) is 22.6 Å². The predicted octanol–water partition coefficient (Wildman–Crippen LogP) is 2.05. The number of hydrogen-bond donors (Lipinski definition) is 0. The van der Waals surface area contributed by atoms with Crippen LogP contribution in [0.1, 0.15) is 11.1 Å². The Bertz CT molecular complexity index is 1210. The van der Waals surface area contributed by atoms with Gasteiger partial charge in [-0.2, -0.15) is 9.36 Å². The third kappa shape index (κ3) is 3.62. The van der Waals surface area contributed by atoms with Crippen LogP contribution in [0.2, 0.25) is 0 Å². The molecular weight excluding hydrogens is 372 g/mol. The van der Waals surface area contributed by atoms with Gasteiger partial charge in [-0.25, -0.2) is 9.48 Å². The van der Waals surface area contributed by atoms with Crippen molar-refractivity contribution in [2.24, 2.45) is 7.05 Å². The summed E-state index contributed by atoms with van der Waals surface area (Å²) in [5, 5.41) is 12.2. The molecule has 0 fully saturated rings. The number of aromatic nitrogens is 6. The maximum absolute atomic E-state index is 12.3. The molecule has 0 radical (unpaired) electrons. The van der Waals surface area contributed by atoms with Gasteiger partial charge in [-0.05, 0) is 41.1 Å². The fourth-order valence-electron chi connectivity index (χ4n) is 2.96. The molecule has 148 valence electrons. The van der Waals surface area contributed by atoms with Crippen molar-refractivity contribution in [2.45, 2.75) is 13.5 Å². The first-order chi connectivity index (χ1) is 14.1. The van der Waals surface area contributed by atoms with E-state index in [2.05, 4.69) is 15.5 Å². The van der Waals surface area contributed by atoms with Crippen LogP contribution in [0.4, 0.5) is 0 Å². The molecule has 0 unspecified atom stereocenters. The second-order valence-corrected chi connectivity index (χ2v) is 6.46. The largest absolute Gasteiger partial charge is 0.497 e. The van der Waals surface area contributed by atoms with E-state index < -0.39 is 0 Å². The Morgan fingerprint density at radius 2 is 1.90 bits per heavy atom. The molecule has 0 saturated heterocycles. The Hall–Kier alpha value is -3.88. The molecule has 0 saturated carbocycles. The Kier molecular flexibility index (Phi) is 4.86. The lowest BCUT2D eigenvalue weighted by Crippen LogP contribution is -2.23. The van der Waals surface area contributed by atoms with Gasteiger partial charge in [0.05, 0.1) is 18.5 Å². The zero-order chi connectivity index (χ0) is 20.4. The average molecular weight is 392 g/mol. The van der Waals surface area contributed by atoms with Crippen LogP contribution in [0.15, 0.2) is 59.5 Å². The van der Waals surface area contributed by atoms with Crippen molar-refractivity contribution >= 4 is 0 Å². The van der Waals surface area contributed by atoms with Gasteiger partial charge in [0.25, 0.3) is 0 Å². The van der Waals surface area contributed by atoms with Gasteiger partial charge in [-0.15, -0.1) is 5.10 Å². The lowest BCUT2D eigenvalue weighted by atomic mass is 10.1. The smallest absolute Gasteiger partial charge is 0.368 e. The number of ether oxygens (including phenoxy) is 2. The van der Waals surface area contributed by atoms with Gasteiger partial charge in [0.15, 0.2) is 0 Å². The summed E-state index contributed by atoms with van der Waals surface area (Å²) in [6.07, 6.45) is 1.82. The molecule has 0 aliphatic rings. The molecule has 2 aromatic carbocycles. The van der Waals surface area contributed by atoms with E-state index in [-0.39, 0.29) is 12.3 Å². The highest BCUT2D eigenvalue weighted by atomic mass is 16.5. The van der Waals surface area contributed by atoms with Crippen LogP contribution in [-0.4, -0.2) is 36.7 Å². The van der Waals surface area contributed by atoms with Crippen LogP contribution < -0.4 is 15.2 Å². The molecule has 2 aromatic heterocycles. The number of rotatable bonds is 6. The minimum absolute atomic E-state index is 0.236. The van der Waals surface area contributed by atoms with E-state index in [4.69, 9.17) is 9.47 Å². The van der Waals surface area contributed by atoms with Crippen molar-refractivity contribution in [1.29, 1.82) is 0 Å². The summed E-state index contributed by atoms with van der Waals surface area (Å²) in [5.41, 5.74) is 3.00. The highest BCUT2D eigenvalue weighted by Gasteiger charge is 2.14.